The van der Waals surface area contributed by atoms with Gasteiger partial charge in [-0.15, -0.1) is 0 Å². The molecule has 0 spiro atoms. The molecule has 2 heteroatoms. The zero-order valence-electron chi connectivity index (χ0n) is 30.2. The van der Waals surface area contributed by atoms with Gasteiger partial charge in [-0.3, -0.25) is 0 Å². The number of rotatable bonds is 4. The minimum absolute atomic E-state index is 0.0723. The van der Waals surface area contributed by atoms with Gasteiger partial charge in [0.05, 0.1) is 0 Å². The number of hydrogen-bond donors (Lipinski definition) is 0. The molecule has 0 radical (unpaired) electrons. The van der Waals surface area contributed by atoms with Crippen LogP contribution in [0.3, 0.4) is 0 Å². The summed E-state index contributed by atoms with van der Waals surface area (Å²) >= 11 is 0. The predicted octanol–water partition coefficient (Wildman–Crippen LogP) is 13.0. The van der Waals surface area contributed by atoms with Crippen molar-refractivity contribution in [1.29, 1.82) is 0 Å². The van der Waals surface area contributed by atoms with E-state index in [0.29, 0.717) is 0 Å². The lowest BCUT2D eigenvalue weighted by atomic mass is 9.81. The Morgan fingerprint density at radius 3 is 1.77 bits per heavy atom. The summed E-state index contributed by atoms with van der Waals surface area (Å²) < 4.78 is 0. The Bertz CT molecular complexity index is 2550. The van der Waals surface area contributed by atoms with Gasteiger partial charge in [0.15, 0.2) is 0 Å². The molecule has 254 valence electrons. The third kappa shape index (κ3) is 5.15. The normalized spacial score (nSPS) is 16.1. The number of nitrogens with zero attached hydrogens (tertiary/aromatic N) is 2. The van der Waals surface area contributed by atoms with Crippen LogP contribution in [0.2, 0.25) is 0 Å². The molecular weight excluding hydrogens is 629 g/mol. The Kier molecular flexibility index (Phi) is 7.35. The molecule has 0 amide bonds. The number of hydrogen-bond acceptors (Lipinski definition) is 2. The molecular formula is C50H44N2. The van der Waals surface area contributed by atoms with E-state index in [1.54, 1.807) is 0 Å². The van der Waals surface area contributed by atoms with Crippen molar-refractivity contribution in [3.8, 4) is 11.1 Å². The van der Waals surface area contributed by atoms with Crippen LogP contribution in [0, 0.1) is 0 Å². The summed E-state index contributed by atoms with van der Waals surface area (Å²) in [6, 6.07) is 50.5. The average molecular weight is 673 g/mol. The quantitative estimate of drug-likeness (QED) is 0.136. The second-order valence-electron chi connectivity index (χ2n) is 15.6. The Morgan fingerprint density at radius 1 is 0.481 bits per heavy atom. The summed E-state index contributed by atoms with van der Waals surface area (Å²) in [6.07, 6.45) is 10.5. The molecule has 0 saturated heterocycles. The average Bonchev–Trinajstić information content (AvgIpc) is 3.29. The lowest BCUT2D eigenvalue weighted by molar-refractivity contribution is 0.660. The lowest BCUT2D eigenvalue weighted by Crippen LogP contribution is -2.24. The monoisotopic (exact) mass is 672 g/mol. The van der Waals surface area contributed by atoms with Crippen molar-refractivity contribution < 1.29 is 0 Å². The van der Waals surface area contributed by atoms with Gasteiger partial charge in [0, 0.05) is 41.3 Å². The second kappa shape index (κ2) is 12.3. The van der Waals surface area contributed by atoms with E-state index in [1.807, 2.05) is 0 Å². The fourth-order valence-electron chi connectivity index (χ4n) is 9.32. The minimum Gasteiger partial charge on any atom is -0.341 e. The highest BCUT2D eigenvalue weighted by molar-refractivity contribution is 6.09. The van der Waals surface area contributed by atoms with Crippen LogP contribution in [0.4, 0.5) is 22.7 Å². The zero-order valence-corrected chi connectivity index (χ0v) is 30.2. The number of benzene rings is 7. The van der Waals surface area contributed by atoms with Crippen LogP contribution in [0.1, 0.15) is 66.5 Å². The Hall–Kier alpha value is -5.60. The molecule has 0 bridgehead atoms. The molecule has 52 heavy (non-hydrogen) atoms. The minimum atomic E-state index is -0.0723. The summed E-state index contributed by atoms with van der Waals surface area (Å²) in [6.45, 7) is 6.93. The molecule has 0 atom stereocenters. The Balaban J connectivity index is 0.920. The maximum Gasteiger partial charge on any atom is 0.0443 e. The fourth-order valence-corrected chi connectivity index (χ4v) is 9.32. The molecule has 10 rings (SSSR count). The van der Waals surface area contributed by atoms with Gasteiger partial charge in [-0.25, -0.2) is 0 Å². The SMILES string of the molecule is CC1(C)c2cc(/C=C/c3ccc4c(ccc5cc(N6CCCc7ccccc76)ccc54)c3)ccc2-c2ccc(N3CCCCc4ccccc43)cc21. The third-order valence-electron chi connectivity index (χ3n) is 12.1. The Labute approximate surface area is 307 Å². The molecule has 2 nitrogen and oxygen atoms in total. The topological polar surface area (TPSA) is 6.48 Å². The lowest BCUT2D eigenvalue weighted by Gasteiger charge is -2.31. The first kappa shape index (κ1) is 31.2. The van der Waals surface area contributed by atoms with E-state index in [-0.39, 0.29) is 5.41 Å². The summed E-state index contributed by atoms with van der Waals surface area (Å²) in [5, 5.41) is 5.19. The first-order valence-electron chi connectivity index (χ1n) is 19.2. The maximum absolute atomic E-state index is 2.55. The predicted molar refractivity (Wildman–Crippen MR) is 223 cm³/mol. The molecule has 0 fully saturated rings. The van der Waals surface area contributed by atoms with Gasteiger partial charge >= 0.3 is 0 Å². The van der Waals surface area contributed by atoms with E-state index in [9.17, 15) is 0 Å². The molecule has 7 aromatic rings. The molecule has 7 aromatic carbocycles. The molecule has 2 heterocycles. The number of para-hydroxylation sites is 2. The van der Waals surface area contributed by atoms with Crippen LogP contribution in [-0.4, -0.2) is 13.1 Å². The molecule has 0 saturated carbocycles. The van der Waals surface area contributed by atoms with Gasteiger partial charge in [0.1, 0.15) is 0 Å². The van der Waals surface area contributed by atoms with Crippen molar-refractivity contribution in [3.05, 3.63) is 167 Å². The molecule has 2 aliphatic heterocycles. The highest BCUT2D eigenvalue weighted by Crippen LogP contribution is 2.50. The maximum atomic E-state index is 2.55. The van der Waals surface area contributed by atoms with Gasteiger partial charge < -0.3 is 9.80 Å². The van der Waals surface area contributed by atoms with Crippen molar-refractivity contribution in [2.45, 2.75) is 51.4 Å². The first-order chi connectivity index (χ1) is 25.5. The van der Waals surface area contributed by atoms with Crippen LogP contribution >= 0.6 is 0 Å². The summed E-state index contributed by atoms with van der Waals surface area (Å²) in [7, 11) is 0. The number of fused-ring (bicyclic) bond motifs is 8. The van der Waals surface area contributed by atoms with E-state index in [0.717, 1.165) is 25.9 Å². The van der Waals surface area contributed by atoms with Gasteiger partial charge in [-0.2, -0.15) is 0 Å². The van der Waals surface area contributed by atoms with E-state index in [2.05, 4.69) is 169 Å². The van der Waals surface area contributed by atoms with Crippen LogP contribution in [-0.2, 0) is 18.3 Å². The molecule has 0 aromatic heterocycles. The Morgan fingerprint density at radius 2 is 1.02 bits per heavy atom. The van der Waals surface area contributed by atoms with Crippen molar-refractivity contribution in [2.75, 3.05) is 22.9 Å². The summed E-state index contributed by atoms with van der Waals surface area (Å²) in [5.41, 5.74) is 16.2. The van der Waals surface area contributed by atoms with Gasteiger partial charge in [-0.05, 0) is 141 Å². The first-order valence-corrected chi connectivity index (χ1v) is 19.2. The summed E-state index contributed by atoms with van der Waals surface area (Å²) in [5.74, 6) is 0. The van der Waals surface area contributed by atoms with Crippen LogP contribution in [0.15, 0.2) is 133 Å². The zero-order chi connectivity index (χ0) is 34.8. The van der Waals surface area contributed by atoms with E-state index < -0.39 is 0 Å². The van der Waals surface area contributed by atoms with E-state index >= 15 is 0 Å². The number of aryl methyl sites for hydroxylation is 2. The second-order valence-corrected chi connectivity index (χ2v) is 15.6. The largest absolute Gasteiger partial charge is 0.341 e. The van der Waals surface area contributed by atoms with Crippen LogP contribution < -0.4 is 9.80 Å². The standard InChI is InChI=1S/C50H44N2/c1-50(2)46-31-35(19-25-44(46)45-27-23-41(33-47(45)50)51-28-8-7-12-36-10-3-5-14-48(36)51)17-16-34-18-24-42-38(30-34)20-21-39-32-40(22-26-43(39)42)52-29-9-13-37-11-4-6-15-49(37)52/h3-6,10-11,14-27,30-33H,7-9,12-13,28-29H2,1-2H3/b17-16+. The molecule has 3 aliphatic rings. The molecule has 0 unspecified atom stereocenters. The molecule has 1 aliphatic carbocycles. The smallest absolute Gasteiger partial charge is 0.0443 e. The van der Waals surface area contributed by atoms with Crippen LogP contribution in [0.5, 0.6) is 0 Å². The fraction of sp³-hybridized carbons (Fsp3) is 0.200. The van der Waals surface area contributed by atoms with Crippen molar-refractivity contribution in [3.63, 3.8) is 0 Å². The third-order valence-corrected chi connectivity index (χ3v) is 12.1. The van der Waals surface area contributed by atoms with Gasteiger partial charge in [0.25, 0.3) is 0 Å². The summed E-state index contributed by atoms with van der Waals surface area (Å²) in [4.78, 5) is 5.04. The molecule has 0 N–H and O–H groups in total. The van der Waals surface area contributed by atoms with Crippen molar-refractivity contribution in [1.82, 2.24) is 0 Å². The number of anilines is 4. The van der Waals surface area contributed by atoms with Gasteiger partial charge in [-0.1, -0.05) is 117 Å². The van der Waals surface area contributed by atoms with E-state index in [4.69, 9.17) is 0 Å². The van der Waals surface area contributed by atoms with Crippen molar-refractivity contribution in [2.24, 2.45) is 0 Å². The highest BCUT2D eigenvalue weighted by Gasteiger charge is 2.36. The van der Waals surface area contributed by atoms with Gasteiger partial charge in [0.2, 0.25) is 0 Å². The van der Waals surface area contributed by atoms with Crippen molar-refractivity contribution >= 4 is 56.4 Å². The van der Waals surface area contributed by atoms with E-state index in [1.165, 1.54) is 108 Å². The van der Waals surface area contributed by atoms with Crippen LogP contribution in [0.25, 0.3) is 44.8 Å². The highest BCUT2D eigenvalue weighted by atomic mass is 15.1.